The highest BCUT2D eigenvalue weighted by Crippen LogP contribution is 2.09. The zero-order valence-corrected chi connectivity index (χ0v) is 9.02. The lowest BCUT2D eigenvalue weighted by molar-refractivity contribution is -0.138. The number of amides is 1. The third kappa shape index (κ3) is 4.60. The molecule has 1 aromatic rings. The number of carboxylic acid groups (broad SMARTS) is 1. The Kier molecular flexibility index (Phi) is 4.59. The summed E-state index contributed by atoms with van der Waals surface area (Å²) in [6.07, 6.45) is 0.0627. The first kappa shape index (κ1) is 13.1. The molecule has 0 fully saturated rings. The van der Waals surface area contributed by atoms with Crippen molar-refractivity contribution in [1.82, 2.24) is 0 Å². The van der Waals surface area contributed by atoms with Crippen LogP contribution in [0.4, 0.5) is 10.1 Å². The van der Waals surface area contributed by atoms with Gasteiger partial charge in [-0.05, 0) is 30.7 Å². The van der Waals surface area contributed by atoms with Crippen molar-refractivity contribution < 1.29 is 19.1 Å². The summed E-state index contributed by atoms with van der Waals surface area (Å²) in [5, 5.41) is 11.0. The van der Waals surface area contributed by atoms with Crippen LogP contribution in [0.15, 0.2) is 24.3 Å². The minimum Gasteiger partial charge on any atom is -0.480 e. The van der Waals surface area contributed by atoms with Crippen molar-refractivity contribution >= 4 is 17.6 Å². The van der Waals surface area contributed by atoms with E-state index in [-0.39, 0.29) is 18.7 Å². The molecule has 1 atom stereocenters. The molecule has 0 saturated heterocycles. The van der Waals surface area contributed by atoms with Crippen LogP contribution >= 0.6 is 0 Å². The molecule has 0 bridgehead atoms. The third-order valence-corrected chi connectivity index (χ3v) is 2.13. The number of benzene rings is 1. The first-order valence-corrected chi connectivity index (χ1v) is 5.03. The molecule has 0 unspecified atom stereocenters. The fraction of sp³-hybridized carbons (Fsp3) is 0.273. The van der Waals surface area contributed by atoms with E-state index in [1.165, 1.54) is 24.3 Å². The zero-order valence-electron chi connectivity index (χ0n) is 9.02. The molecule has 1 amide bonds. The number of carbonyl (C=O) groups excluding carboxylic acids is 1. The van der Waals surface area contributed by atoms with Crippen LogP contribution in [0.3, 0.4) is 0 Å². The number of aliphatic carboxylic acids is 1. The van der Waals surface area contributed by atoms with Gasteiger partial charge in [0.05, 0.1) is 0 Å². The summed E-state index contributed by atoms with van der Waals surface area (Å²) < 4.78 is 12.6. The molecule has 17 heavy (non-hydrogen) atoms. The number of carbonyl (C=O) groups is 2. The van der Waals surface area contributed by atoms with Crippen LogP contribution in [-0.2, 0) is 9.59 Å². The molecule has 0 aliphatic rings. The van der Waals surface area contributed by atoms with E-state index in [0.29, 0.717) is 5.69 Å². The third-order valence-electron chi connectivity index (χ3n) is 2.13. The normalized spacial score (nSPS) is 11.9. The molecular weight excluding hydrogens is 227 g/mol. The van der Waals surface area contributed by atoms with Gasteiger partial charge < -0.3 is 16.2 Å². The molecule has 0 aliphatic carbocycles. The van der Waals surface area contributed by atoms with Crippen LogP contribution in [0.5, 0.6) is 0 Å². The Balaban J connectivity index is 2.39. The van der Waals surface area contributed by atoms with Gasteiger partial charge in [0.2, 0.25) is 5.91 Å². The standard InChI is InChI=1S/C11H13FN2O3/c12-7-1-3-8(4-2-7)14-10(15)6-5-9(13)11(16)17/h1-4,9H,5-6,13H2,(H,14,15)(H,16,17)/t9-/m0/s1. The maximum absolute atomic E-state index is 12.6. The number of anilines is 1. The Morgan fingerprint density at radius 2 is 1.94 bits per heavy atom. The van der Waals surface area contributed by atoms with Gasteiger partial charge in [0, 0.05) is 12.1 Å². The predicted octanol–water partition coefficient (Wildman–Crippen LogP) is 0.956. The van der Waals surface area contributed by atoms with Crippen LogP contribution in [-0.4, -0.2) is 23.0 Å². The molecule has 1 aromatic carbocycles. The largest absolute Gasteiger partial charge is 0.480 e. The zero-order chi connectivity index (χ0) is 12.8. The number of nitrogens with two attached hydrogens (primary N) is 1. The lowest BCUT2D eigenvalue weighted by atomic mass is 10.1. The Morgan fingerprint density at radius 1 is 1.35 bits per heavy atom. The second-order valence-electron chi connectivity index (χ2n) is 3.54. The average Bonchev–Trinajstić information content (AvgIpc) is 2.29. The van der Waals surface area contributed by atoms with Gasteiger partial charge in [-0.1, -0.05) is 0 Å². The highest BCUT2D eigenvalue weighted by molar-refractivity contribution is 5.91. The van der Waals surface area contributed by atoms with E-state index in [2.05, 4.69) is 5.32 Å². The van der Waals surface area contributed by atoms with Crippen LogP contribution in [0.2, 0.25) is 0 Å². The maximum atomic E-state index is 12.6. The van der Waals surface area contributed by atoms with Crippen LogP contribution in [0.1, 0.15) is 12.8 Å². The summed E-state index contributed by atoms with van der Waals surface area (Å²) in [6, 6.07) is 4.24. The maximum Gasteiger partial charge on any atom is 0.320 e. The average molecular weight is 240 g/mol. The van der Waals surface area contributed by atoms with E-state index >= 15 is 0 Å². The van der Waals surface area contributed by atoms with Crippen molar-refractivity contribution in [2.75, 3.05) is 5.32 Å². The Morgan fingerprint density at radius 3 is 2.47 bits per heavy atom. The SMILES string of the molecule is N[C@@H](CCC(=O)Nc1ccc(F)cc1)C(=O)O. The van der Waals surface area contributed by atoms with E-state index < -0.39 is 17.8 Å². The lowest BCUT2D eigenvalue weighted by Gasteiger charge is -2.07. The highest BCUT2D eigenvalue weighted by atomic mass is 19.1. The summed E-state index contributed by atoms with van der Waals surface area (Å²) in [6.45, 7) is 0. The van der Waals surface area contributed by atoms with Crippen molar-refractivity contribution in [2.24, 2.45) is 5.73 Å². The minimum atomic E-state index is -1.14. The molecule has 0 spiro atoms. The molecule has 0 aromatic heterocycles. The monoisotopic (exact) mass is 240 g/mol. The number of hydrogen-bond donors (Lipinski definition) is 3. The Hall–Kier alpha value is -1.95. The summed E-state index contributed by atoms with van der Waals surface area (Å²) in [5.74, 6) is -1.89. The number of halogens is 1. The fourth-order valence-corrected chi connectivity index (χ4v) is 1.17. The van der Waals surface area contributed by atoms with Gasteiger partial charge in [-0.2, -0.15) is 0 Å². The van der Waals surface area contributed by atoms with Gasteiger partial charge in [0.1, 0.15) is 11.9 Å². The number of carboxylic acids is 1. The summed E-state index contributed by atoms with van der Waals surface area (Å²) in [4.78, 5) is 21.8. The smallest absolute Gasteiger partial charge is 0.320 e. The number of nitrogens with one attached hydrogen (secondary N) is 1. The highest BCUT2D eigenvalue weighted by Gasteiger charge is 2.13. The van der Waals surface area contributed by atoms with E-state index in [4.69, 9.17) is 10.8 Å². The molecular formula is C11H13FN2O3. The molecule has 0 aliphatic heterocycles. The number of rotatable bonds is 5. The second kappa shape index (κ2) is 5.95. The summed E-state index contributed by atoms with van der Waals surface area (Å²) in [5.41, 5.74) is 5.71. The predicted molar refractivity (Wildman–Crippen MR) is 59.9 cm³/mol. The molecule has 0 heterocycles. The van der Waals surface area contributed by atoms with E-state index in [1.54, 1.807) is 0 Å². The van der Waals surface area contributed by atoms with Crippen molar-refractivity contribution in [3.05, 3.63) is 30.1 Å². The van der Waals surface area contributed by atoms with E-state index in [1.807, 2.05) is 0 Å². The van der Waals surface area contributed by atoms with Gasteiger partial charge >= 0.3 is 5.97 Å². The first-order valence-electron chi connectivity index (χ1n) is 5.03. The fourth-order valence-electron chi connectivity index (χ4n) is 1.17. The van der Waals surface area contributed by atoms with E-state index in [9.17, 15) is 14.0 Å². The molecule has 1 rings (SSSR count). The van der Waals surface area contributed by atoms with Crippen molar-refractivity contribution in [3.63, 3.8) is 0 Å². The molecule has 4 N–H and O–H groups in total. The molecule has 0 radical (unpaired) electrons. The van der Waals surface area contributed by atoms with Gasteiger partial charge in [-0.3, -0.25) is 9.59 Å². The Labute approximate surface area is 97.4 Å². The van der Waals surface area contributed by atoms with Crippen LogP contribution < -0.4 is 11.1 Å². The molecule has 0 saturated carbocycles. The quantitative estimate of drug-likeness (QED) is 0.714. The Bertz CT molecular complexity index is 406. The van der Waals surface area contributed by atoms with Gasteiger partial charge in [-0.25, -0.2) is 4.39 Å². The molecule has 92 valence electrons. The molecule has 5 nitrogen and oxygen atoms in total. The summed E-state index contributed by atoms with van der Waals surface area (Å²) in [7, 11) is 0. The van der Waals surface area contributed by atoms with Gasteiger partial charge in [-0.15, -0.1) is 0 Å². The molecule has 6 heteroatoms. The summed E-state index contributed by atoms with van der Waals surface area (Å²) >= 11 is 0. The van der Waals surface area contributed by atoms with Crippen LogP contribution in [0.25, 0.3) is 0 Å². The van der Waals surface area contributed by atoms with Gasteiger partial charge in [0.15, 0.2) is 0 Å². The first-order chi connectivity index (χ1) is 7.99. The van der Waals surface area contributed by atoms with Gasteiger partial charge in [0.25, 0.3) is 0 Å². The topological polar surface area (TPSA) is 92.4 Å². The minimum absolute atomic E-state index is 0.00480. The van der Waals surface area contributed by atoms with Crippen molar-refractivity contribution in [2.45, 2.75) is 18.9 Å². The lowest BCUT2D eigenvalue weighted by Crippen LogP contribution is -2.31. The van der Waals surface area contributed by atoms with Crippen molar-refractivity contribution in [3.8, 4) is 0 Å². The van der Waals surface area contributed by atoms with Crippen molar-refractivity contribution in [1.29, 1.82) is 0 Å². The number of hydrogen-bond acceptors (Lipinski definition) is 3. The second-order valence-corrected chi connectivity index (χ2v) is 3.54. The van der Waals surface area contributed by atoms with E-state index in [0.717, 1.165) is 0 Å². The van der Waals surface area contributed by atoms with Crippen LogP contribution in [0, 0.1) is 5.82 Å².